The molecule has 1 rings (SSSR count). The highest BCUT2D eigenvalue weighted by molar-refractivity contribution is 9.12. The van der Waals surface area contributed by atoms with Crippen LogP contribution in [0, 0.1) is 11.3 Å². The van der Waals surface area contributed by atoms with Gasteiger partial charge in [-0.3, -0.25) is 0 Å². The molecular formula is C7H3Br2ClFN. The molecule has 0 aromatic rings. The second-order valence-corrected chi connectivity index (χ2v) is 4.97. The van der Waals surface area contributed by atoms with E-state index < -0.39 is 10.5 Å². The van der Waals surface area contributed by atoms with E-state index in [1.54, 1.807) is 6.07 Å². The number of alkyl halides is 2. The monoisotopic (exact) mass is 313 g/mol. The molecule has 0 saturated carbocycles. The van der Waals surface area contributed by atoms with Crippen LogP contribution in [0.5, 0.6) is 0 Å². The van der Waals surface area contributed by atoms with Gasteiger partial charge in [-0.25, -0.2) is 4.39 Å². The Morgan fingerprint density at radius 2 is 2.33 bits per heavy atom. The first-order chi connectivity index (χ1) is 5.49. The second kappa shape index (κ2) is 3.49. The van der Waals surface area contributed by atoms with Gasteiger partial charge in [0, 0.05) is 9.51 Å². The first-order valence-corrected chi connectivity index (χ1v) is 4.95. The van der Waals surface area contributed by atoms with Crippen LogP contribution >= 0.6 is 43.5 Å². The van der Waals surface area contributed by atoms with Gasteiger partial charge in [-0.2, -0.15) is 5.26 Å². The minimum absolute atomic E-state index is 0.272. The fourth-order valence-electron chi connectivity index (χ4n) is 0.810. The summed E-state index contributed by atoms with van der Waals surface area (Å²) in [5.74, 6) is 0. The highest BCUT2D eigenvalue weighted by Crippen LogP contribution is 2.39. The van der Waals surface area contributed by atoms with E-state index >= 15 is 0 Å². The Morgan fingerprint density at radius 3 is 2.83 bits per heavy atom. The summed E-state index contributed by atoms with van der Waals surface area (Å²) in [6, 6.07) is 1.80. The molecule has 5 heteroatoms. The van der Waals surface area contributed by atoms with Gasteiger partial charge in [-0.1, -0.05) is 43.5 Å². The Morgan fingerprint density at radius 1 is 1.75 bits per heavy atom. The first-order valence-electron chi connectivity index (χ1n) is 2.99. The van der Waals surface area contributed by atoms with Gasteiger partial charge >= 0.3 is 0 Å². The van der Waals surface area contributed by atoms with Crippen molar-refractivity contribution in [2.75, 3.05) is 0 Å². The van der Waals surface area contributed by atoms with Crippen molar-refractivity contribution in [2.24, 2.45) is 0 Å². The molecule has 0 bridgehead atoms. The predicted molar refractivity (Wildman–Crippen MR) is 53.1 cm³/mol. The Labute approximate surface area is 91.1 Å². The summed E-state index contributed by atoms with van der Waals surface area (Å²) in [5.41, 5.74) is 0. The van der Waals surface area contributed by atoms with Crippen molar-refractivity contribution in [1.82, 2.24) is 0 Å². The molecule has 0 amide bonds. The predicted octanol–water partition coefficient (Wildman–Crippen LogP) is 3.40. The summed E-state index contributed by atoms with van der Waals surface area (Å²) in [7, 11) is 0. The lowest BCUT2D eigenvalue weighted by atomic mass is 10.0. The van der Waals surface area contributed by atoms with Gasteiger partial charge in [-0.15, -0.1) is 0 Å². The smallest absolute Gasteiger partial charge is 0.167 e. The van der Waals surface area contributed by atoms with E-state index in [1.807, 2.05) is 0 Å². The molecule has 1 nitrogen and oxygen atoms in total. The van der Waals surface area contributed by atoms with Crippen molar-refractivity contribution in [3.05, 3.63) is 21.7 Å². The number of rotatable bonds is 0. The van der Waals surface area contributed by atoms with Crippen LogP contribution in [0.4, 0.5) is 4.39 Å². The van der Waals surface area contributed by atoms with E-state index in [9.17, 15) is 4.39 Å². The van der Waals surface area contributed by atoms with Gasteiger partial charge in [0.1, 0.15) is 0 Å². The van der Waals surface area contributed by atoms with Crippen LogP contribution in [-0.4, -0.2) is 10.5 Å². The number of hydrogen-bond acceptors (Lipinski definition) is 1. The van der Waals surface area contributed by atoms with Gasteiger partial charge in [0.05, 0.1) is 6.07 Å². The van der Waals surface area contributed by atoms with Gasteiger partial charge in [0.25, 0.3) is 0 Å². The molecule has 12 heavy (non-hydrogen) atoms. The standard InChI is InChI=1S/C7H3Br2ClFN/c8-5-1-4(10)2-7(9,3-12)6(5)11/h1-2,6H. The summed E-state index contributed by atoms with van der Waals surface area (Å²) in [5, 5.41) is 9.01. The average molecular weight is 315 g/mol. The van der Waals surface area contributed by atoms with Crippen molar-refractivity contribution in [2.45, 2.75) is 10.5 Å². The van der Waals surface area contributed by atoms with Crippen molar-refractivity contribution >= 4 is 43.5 Å². The average Bonchev–Trinajstić information content (AvgIpc) is 2.00. The molecule has 1 aliphatic carbocycles. The Balaban J connectivity index is 3.12. The van der Waals surface area contributed by atoms with Crippen LogP contribution in [0.2, 0.25) is 0 Å². The summed E-state index contributed by atoms with van der Waals surface area (Å²) < 4.78 is 12.2. The van der Waals surface area contributed by atoms with E-state index in [0.717, 1.165) is 0 Å². The number of halogens is 4. The number of hydrogen-bond donors (Lipinski definition) is 0. The molecule has 0 radical (unpaired) electrons. The molecule has 0 aliphatic heterocycles. The number of nitriles is 1. The normalized spacial score (nSPS) is 35.1. The quantitative estimate of drug-likeness (QED) is 0.629. The van der Waals surface area contributed by atoms with Crippen molar-refractivity contribution < 1.29 is 4.39 Å². The van der Waals surface area contributed by atoms with Gasteiger partial charge in [-0.05, 0) is 12.2 Å². The van der Waals surface area contributed by atoms with Gasteiger partial charge < -0.3 is 0 Å². The van der Waals surface area contributed by atoms with E-state index in [0.29, 0.717) is 5.03 Å². The zero-order valence-electron chi connectivity index (χ0n) is 5.69. The van der Waals surface area contributed by atoms with Crippen LogP contribution in [0.1, 0.15) is 0 Å². The molecule has 64 valence electrons. The summed E-state index contributed by atoms with van der Waals surface area (Å²) in [4.78, 5) is 0. The third-order valence-electron chi connectivity index (χ3n) is 1.41. The van der Waals surface area contributed by atoms with Crippen LogP contribution in [-0.2, 0) is 0 Å². The van der Waals surface area contributed by atoms with E-state index in [2.05, 4.69) is 31.9 Å². The largest absolute Gasteiger partial charge is 0.239 e. The minimum atomic E-state index is -1.41. The lowest BCUT2D eigenvalue weighted by Gasteiger charge is -2.23. The maximum Gasteiger partial charge on any atom is 0.167 e. The second-order valence-electron chi connectivity index (χ2n) is 2.30. The molecule has 0 fully saturated rings. The number of allylic oxidation sites excluding steroid dienone is 4. The third kappa shape index (κ3) is 1.73. The molecule has 0 spiro atoms. The summed E-state index contributed by atoms with van der Waals surface area (Å²) in [6.07, 6.45) is 1.36. The maximum absolute atomic E-state index is 13.3. The van der Waals surface area contributed by atoms with Gasteiger partial charge in [0.15, 0.2) is 10.5 Å². The summed E-state index contributed by atoms with van der Waals surface area (Å²) >= 11 is 11.6. The molecular weight excluding hydrogens is 312 g/mol. The van der Waals surface area contributed by atoms with Crippen LogP contribution in [0.3, 0.4) is 0 Å². The van der Waals surface area contributed by atoms with Crippen LogP contribution in [0.25, 0.3) is 0 Å². The highest BCUT2D eigenvalue weighted by Gasteiger charge is 2.39. The lowest BCUT2D eigenvalue weighted by molar-refractivity contribution is 0.377. The summed E-state index contributed by atoms with van der Waals surface area (Å²) in [6.45, 7) is 0. The molecule has 2 atom stereocenters. The molecule has 0 aromatic carbocycles. The van der Waals surface area contributed by atoms with Crippen molar-refractivity contribution in [1.29, 1.82) is 5.26 Å². The first kappa shape index (κ1) is 10.2. The van der Waals surface area contributed by atoms with Gasteiger partial charge in [0.2, 0.25) is 0 Å². The fourth-order valence-corrected chi connectivity index (χ4v) is 2.77. The highest BCUT2D eigenvalue weighted by atomic mass is 79.9. The van der Waals surface area contributed by atoms with Crippen molar-refractivity contribution in [3.8, 4) is 6.07 Å². The number of nitrogens with zero attached hydrogens (tertiary/aromatic N) is 1. The van der Waals surface area contributed by atoms with E-state index in [1.165, 1.54) is 12.2 Å². The topological polar surface area (TPSA) is 23.8 Å². The molecule has 0 aromatic heterocycles. The lowest BCUT2D eigenvalue weighted by Crippen LogP contribution is -2.31. The molecule has 0 N–H and O–H groups in total. The zero-order valence-corrected chi connectivity index (χ0v) is 9.62. The van der Waals surface area contributed by atoms with E-state index in [-0.39, 0.29) is 4.48 Å². The van der Waals surface area contributed by atoms with E-state index in [4.69, 9.17) is 16.9 Å². The van der Waals surface area contributed by atoms with Crippen LogP contribution in [0.15, 0.2) is 21.7 Å². The maximum atomic E-state index is 13.3. The third-order valence-corrected chi connectivity index (χ3v) is 3.06. The minimum Gasteiger partial charge on any atom is -0.239 e. The Kier molecular flexibility index (Phi) is 2.97. The Hall–Kier alpha value is 0.150. The molecule has 0 heterocycles. The molecule has 1 aliphatic rings. The van der Waals surface area contributed by atoms with Crippen molar-refractivity contribution in [3.63, 3.8) is 0 Å². The zero-order chi connectivity index (χ0) is 9.35. The Bertz CT molecular complexity index is 307. The van der Waals surface area contributed by atoms with Crippen LogP contribution < -0.4 is 0 Å². The molecule has 0 saturated heterocycles. The molecule has 2 unspecified atom stereocenters. The SMILES string of the molecule is N#CC1(Br)C=C(Cl)C=C(Br)C1F. The fraction of sp³-hybridized carbons (Fsp3) is 0.286.